The summed E-state index contributed by atoms with van der Waals surface area (Å²) in [6.07, 6.45) is 0. The van der Waals surface area contributed by atoms with Crippen molar-refractivity contribution in [2.24, 2.45) is 0 Å². The van der Waals surface area contributed by atoms with Crippen LogP contribution >= 0.6 is 11.3 Å². The van der Waals surface area contributed by atoms with Crippen LogP contribution in [0.4, 0.5) is 5.13 Å². The molecule has 0 amide bonds. The lowest BCUT2D eigenvalue weighted by molar-refractivity contribution is 0.199. The summed E-state index contributed by atoms with van der Waals surface area (Å²) in [7, 11) is 3.80. The Labute approximate surface area is 130 Å². The van der Waals surface area contributed by atoms with Gasteiger partial charge in [0.1, 0.15) is 0 Å². The third-order valence-corrected chi connectivity index (χ3v) is 4.47. The fourth-order valence-electron chi connectivity index (χ4n) is 1.96. The van der Waals surface area contributed by atoms with Crippen molar-refractivity contribution >= 4 is 16.5 Å². The van der Waals surface area contributed by atoms with Gasteiger partial charge in [0.25, 0.3) is 0 Å². The highest BCUT2D eigenvalue weighted by Gasteiger charge is 2.14. The zero-order valence-electron chi connectivity index (χ0n) is 12.9. The lowest BCUT2D eigenvalue weighted by Crippen LogP contribution is -2.18. The molecule has 0 fully saturated rings. The Kier molecular flexibility index (Phi) is 6.17. The molecule has 0 atom stereocenters. The van der Waals surface area contributed by atoms with E-state index in [1.165, 1.54) is 10.4 Å². The summed E-state index contributed by atoms with van der Waals surface area (Å²) < 4.78 is 5.07. The van der Waals surface area contributed by atoms with Crippen LogP contribution in [0, 0.1) is 0 Å². The van der Waals surface area contributed by atoms with Gasteiger partial charge < -0.3 is 15.0 Å². The number of anilines is 1. The highest BCUT2D eigenvalue weighted by Crippen LogP contribution is 2.32. The molecule has 0 aliphatic rings. The van der Waals surface area contributed by atoms with E-state index >= 15 is 0 Å². The van der Waals surface area contributed by atoms with Gasteiger partial charge in [0.2, 0.25) is 0 Å². The van der Waals surface area contributed by atoms with E-state index in [0.717, 1.165) is 37.1 Å². The third kappa shape index (κ3) is 4.27. The monoisotopic (exact) mass is 305 g/mol. The topological polar surface area (TPSA) is 37.4 Å². The number of nitrogens with zero attached hydrogens (tertiary/aromatic N) is 2. The summed E-state index contributed by atoms with van der Waals surface area (Å²) in [6, 6.07) is 10.4. The first-order chi connectivity index (χ1) is 10.3. The summed E-state index contributed by atoms with van der Waals surface area (Å²) >= 11 is 1.76. The fraction of sp³-hybridized carbons (Fsp3) is 0.438. The van der Waals surface area contributed by atoms with Crippen LogP contribution in [0.2, 0.25) is 0 Å². The maximum Gasteiger partial charge on any atom is 0.185 e. The number of ether oxygens (including phenoxy) is 1. The van der Waals surface area contributed by atoms with Crippen molar-refractivity contribution in [3.8, 4) is 11.3 Å². The zero-order chi connectivity index (χ0) is 15.1. The first kappa shape index (κ1) is 15.9. The lowest BCUT2D eigenvalue weighted by Gasteiger charge is -2.11. The van der Waals surface area contributed by atoms with Gasteiger partial charge in [-0.15, -0.1) is 0 Å². The van der Waals surface area contributed by atoms with E-state index < -0.39 is 0 Å². The Balaban J connectivity index is 2.21. The summed E-state index contributed by atoms with van der Waals surface area (Å²) in [5, 5.41) is 4.48. The predicted molar refractivity (Wildman–Crippen MR) is 90.1 cm³/mol. The number of thiazole rings is 1. The van der Waals surface area contributed by atoms with Crippen molar-refractivity contribution in [3.05, 3.63) is 35.2 Å². The van der Waals surface area contributed by atoms with Crippen LogP contribution in [0.15, 0.2) is 30.3 Å². The number of benzene rings is 1. The van der Waals surface area contributed by atoms with Crippen LogP contribution in [0.3, 0.4) is 0 Å². The second-order valence-corrected chi connectivity index (χ2v) is 5.88. The summed E-state index contributed by atoms with van der Waals surface area (Å²) in [6.45, 7) is 5.49. The van der Waals surface area contributed by atoms with E-state index in [1.54, 1.807) is 18.4 Å². The number of hydrogen-bond acceptors (Lipinski definition) is 5. The molecule has 1 N–H and O–H groups in total. The molecule has 1 heterocycles. The minimum atomic E-state index is 0.723. The molecule has 0 spiro atoms. The number of rotatable bonds is 8. The average molecular weight is 305 g/mol. The van der Waals surface area contributed by atoms with Crippen molar-refractivity contribution in [2.75, 3.05) is 38.8 Å². The molecule has 4 nitrogen and oxygen atoms in total. The van der Waals surface area contributed by atoms with Crippen LogP contribution in [0.25, 0.3) is 11.3 Å². The van der Waals surface area contributed by atoms with Gasteiger partial charge in [0, 0.05) is 44.2 Å². The highest BCUT2D eigenvalue weighted by molar-refractivity contribution is 7.16. The molecular weight excluding hydrogens is 282 g/mol. The molecule has 0 unspecified atom stereocenters. The number of hydrogen-bond donors (Lipinski definition) is 1. The maximum atomic E-state index is 5.07. The number of aromatic nitrogens is 1. The van der Waals surface area contributed by atoms with Gasteiger partial charge in [-0.1, -0.05) is 41.7 Å². The normalized spacial score (nSPS) is 10.8. The molecule has 5 heteroatoms. The van der Waals surface area contributed by atoms with Crippen LogP contribution in [-0.4, -0.2) is 38.8 Å². The van der Waals surface area contributed by atoms with Gasteiger partial charge in [0.15, 0.2) is 5.13 Å². The maximum absolute atomic E-state index is 5.07. The van der Waals surface area contributed by atoms with E-state index in [4.69, 9.17) is 9.72 Å². The molecule has 0 saturated heterocycles. The molecule has 1 aromatic carbocycles. The Morgan fingerprint density at radius 1 is 1.29 bits per heavy atom. The first-order valence-electron chi connectivity index (χ1n) is 7.22. The van der Waals surface area contributed by atoms with Gasteiger partial charge in [-0.3, -0.25) is 0 Å². The van der Waals surface area contributed by atoms with Crippen LogP contribution in [-0.2, 0) is 11.3 Å². The van der Waals surface area contributed by atoms with Crippen molar-refractivity contribution < 1.29 is 4.74 Å². The Hall–Kier alpha value is -1.43. The van der Waals surface area contributed by atoms with E-state index in [0.29, 0.717) is 0 Å². The second kappa shape index (κ2) is 8.12. The van der Waals surface area contributed by atoms with E-state index in [2.05, 4.69) is 48.5 Å². The second-order valence-electron chi connectivity index (χ2n) is 4.82. The Morgan fingerprint density at radius 2 is 2.05 bits per heavy atom. The minimum Gasteiger partial charge on any atom is -0.383 e. The molecular formula is C16H23N3OS. The van der Waals surface area contributed by atoms with Crippen LogP contribution in [0.5, 0.6) is 0 Å². The van der Waals surface area contributed by atoms with Crippen molar-refractivity contribution in [3.63, 3.8) is 0 Å². The Bertz CT molecular complexity index is 542. The van der Waals surface area contributed by atoms with Gasteiger partial charge in [0.05, 0.1) is 12.3 Å². The zero-order valence-corrected chi connectivity index (χ0v) is 13.7. The Morgan fingerprint density at radius 3 is 2.71 bits per heavy atom. The van der Waals surface area contributed by atoms with Gasteiger partial charge in [-0.05, 0) is 6.92 Å². The smallest absolute Gasteiger partial charge is 0.185 e. The molecule has 0 radical (unpaired) electrons. The fourth-order valence-corrected chi connectivity index (χ4v) is 3.03. The van der Waals surface area contributed by atoms with Crippen molar-refractivity contribution in [1.82, 2.24) is 10.3 Å². The summed E-state index contributed by atoms with van der Waals surface area (Å²) in [5.41, 5.74) is 2.26. The van der Waals surface area contributed by atoms with Gasteiger partial charge in [-0.25, -0.2) is 4.98 Å². The van der Waals surface area contributed by atoms with Gasteiger partial charge in [-0.2, -0.15) is 0 Å². The summed E-state index contributed by atoms with van der Waals surface area (Å²) in [4.78, 5) is 8.27. The molecule has 0 bridgehead atoms. The van der Waals surface area contributed by atoms with Crippen molar-refractivity contribution in [2.45, 2.75) is 13.5 Å². The molecule has 0 aliphatic heterocycles. The third-order valence-electron chi connectivity index (χ3n) is 3.30. The number of methoxy groups -OCH3 is 1. The first-order valence-corrected chi connectivity index (χ1v) is 8.03. The van der Waals surface area contributed by atoms with Gasteiger partial charge >= 0.3 is 0 Å². The molecule has 2 rings (SSSR count). The highest BCUT2D eigenvalue weighted by atomic mass is 32.1. The van der Waals surface area contributed by atoms with E-state index in [1.807, 2.05) is 6.07 Å². The molecule has 0 saturated carbocycles. The molecule has 2 aromatic rings. The minimum absolute atomic E-state index is 0.723. The number of nitrogens with one attached hydrogen (secondary N) is 1. The molecule has 1 aromatic heterocycles. The van der Waals surface area contributed by atoms with Crippen LogP contribution < -0.4 is 10.2 Å². The predicted octanol–water partition coefficient (Wildman–Crippen LogP) is 3.00. The molecule has 21 heavy (non-hydrogen) atoms. The standard InChI is InChI=1S/C16H23N3OS/c1-4-19(2)16-18-15(13-8-6-5-7-9-13)14(21-16)12-17-10-11-20-3/h5-9,17H,4,10-12H2,1-3H3. The summed E-state index contributed by atoms with van der Waals surface area (Å²) in [5.74, 6) is 0. The van der Waals surface area contributed by atoms with E-state index in [-0.39, 0.29) is 0 Å². The largest absolute Gasteiger partial charge is 0.383 e. The average Bonchev–Trinajstić information content (AvgIpc) is 2.96. The van der Waals surface area contributed by atoms with Crippen LogP contribution in [0.1, 0.15) is 11.8 Å². The van der Waals surface area contributed by atoms with Crippen molar-refractivity contribution in [1.29, 1.82) is 0 Å². The SMILES string of the molecule is CCN(C)c1nc(-c2ccccc2)c(CNCCOC)s1. The molecule has 0 aliphatic carbocycles. The quantitative estimate of drug-likeness (QED) is 0.761. The molecule has 114 valence electrons. The van der Waals surface area contributed by atoms with E-state index in [9.17, 15) is 0 Å². The lowest BCUT2D eigenvalue weighted by atomic mass is 10.1.